The Labute approximate surface area is 184 Å². The molecule has 1 fully saturated rings. The van der Waals surface area contributed by atoms with Gasteiger partial charge < -0.3 is 14.2 Å². The molecule has 1 saturated heterocycles. The van der Waals surface area contributed by atoms with Gasteiger partial charge in [-0.3, -0.25) is 0 Å². The second kappa shape index (κ2) is 11.2. The highest BCUT2D eigenvalue weighted by atomic mass is 32.2. The molecule has 1 heterocycles. The van der Waals surface area contributed by atoms with Crippen LogP contribution in [-0.4, -0.2) is 22.8 Å². The van der Waals surface area contributed by atoms with E-state index in [0.29, 0.717) is 10.5 Å². The van der Waals surface area contributed by atoms with Crippen molar-refractivity contribution in [2.75, 3.05) is 12.4 Å². The highest BCUT2D eigenvalue weighted by molar-refractivity contribution is 8.22. The molecule has 0 N–H and O–H groups in total. The lowest BCUT2D eigenvalue weighted by Crippen LogP contribution is -2.11. The molecule has 29 heavy (non-hydrogen) atoms. The van der Waals surface area contributed by atoms with Crippen LogP contribution in [0.5, 0.6) is 11.5 Å². The van der Waals surface area contributed by atoms with Gasteiger partial charge in [0.1, 0.15) is 11.5 Å². The Morgan fingerprint density at radius 1 is 1.34 bits per heavy atom. The molecule has 1 aromatic carbocycles. The van der Waals surface area contributed by atoms with Crippen LogP contribution in [0.25, 0.3) is 0 Å². The monoisotopic (exact) mass is 432 g/mol. The van der Waals surface area contributed by atoms with E-state index in [0.717, 1.165) is 55.1 Å². The number of hydrogen-bond acceptors (Lipinski definition) is 5. The van der Waals surface area contributed by atoms with Gasteiger partial charge in [-0.15, -0.1) is 0 Å². The van der Waals surface area contributed by atoms with Gasteiger partial charge in [0, 0.05) is 17.2 Å². The van der Waals surface area contributed by atoms with Crippen molar-refractivity contribution >= 4 is 28.4 Å². The van der Waals surface area contributed by atoms with Gasteiger partial charge in [0.15, 0.2) is 0 Å². The highest BCUT2D eigenvalue weighted by Gasteiger charge is 2.26. The van der Waals surface area contributed by atoms with E-state index in [9.17, 15) is 0 Å². The molecule has 3 rings (SSSR count). The lowest BCUT2D eigenvalue weighted by molar-refractivity contribution is 0.426. The van der Waals surface area contributed by atoms with E-state index in [1.165, 1.54) is 36.7 Å². The van der Waals surface area contributed by atoms with Gasteiger partial charge in [0.2, 0.25) is 4.38 Å². The number of rotatable bonds is 10. The maximum Gasteiger partial charge on any atom is 0.225 e. The maximum atomic E-state index is 6.24. The summed E-state index contributed by atoms with van der Waals surface area (Å²) in [5, 5.41) is 0. The fourth-order valence-electron chi connectivity index (χ4n) is 3.80. The van der Waals surface area contributed by atoms with Crippen molar-refractivity contribution in [3.05, 3.63) is 47.7 Å². The predicted octanol–water partition coefficient (Wildman–Crippen LogP) is 6.95. The number of allylic oxidation sites excluding steroid dienone is 2. The molecule has 1 unspecified atom stereocenters. The lowest BCUT2D eigenvalue weighted by Gasteiger charge is -2.25. The summed E-state index contributed by atoms with van der Waals surface area (Å²) in [5.41, 5.74) is 3.74. The molecule has 0 amide bonds. The van der Waals surface area contributed by atoms with Crippen molar-refractivity contribution in [2.45, 2.75) is 70.8 Å². The number of thioether (sulfide) groups is 1. The number of benzene rings is 1. The molecule has 1 aliphatic heterocycles. The zero-order chi connectivity index (χ0) is 20.6. The third-order valence-electron chi connectivity index (χ3n) is 5.37. The smallest absolute Gasteiger partial charge is 0.225 e. The lowest BCUT2D eigenvalue weighted by atomic mass is 9.84. The summed E-state index contributed by atoms with van der Waals surface area (Å²) in [7, 11) is 0. The summed E-state index contributed by atoms with van der Waals surface area (Å²) in [5.74, 6) is 2.81. The number of thiocarbonyl (C=S) groups is 1. The van der Waals surface area contributed by atoms with Crippen LogP contribution in [0.4, 0.5) is 0 Å². The van der Waals surface area contributed by atoms with Crippen LogP contribution >= 0.6 is 24.0 Å². The second-order valence-corrected chi connectivity index (χ2v) is 9.50. The van der Waals surface area contributed by atoms with E-state index < -0.39 is 0 Å². The van der Waals surface area contributed by atoms with E-state index in [4.69, 9.17) is 26.4 Å². The molecule has 1 aliphatic carbocycles. The van der Waals surface area contributed by atoms with E-state index in [-0.39, 0.29) is 5.92 Å². The summed E-state index contributed by atoms with van der Waals surface area (Å²) in [6.07, 6.45) is 12.2. The van der Waals surface area contributed by atoms with Crippen molar-refractivity contribution in [2.24, 2.45) is 0 Å². The molecule has 1 aromatic rings. The first-order valence-electron chi connectivity index (χ1n) is 10.7. The van der Waals surface area contributed by atoms with E-state index >= 15 is 0 Å². The summed E-state index contributed by atoms with van der Waals surface area (Å²) >= 11 is 7.08. The van der Waals surface area contributed by atoms with Crippen LogP contribution < -0.4 is 9.47 Å². The Kier molecular flexibility index (Phi) is 8.64. The van der Waals surface area contributed by atoms with Crippen LogP contribution in [0, 0.1) is 0 Å². The first-order chi connectivity index (χ1) is 14.1. The van der Waals surface area contributed by atoms with Crippen LogP contribution in [-0.2, 0) is 11.2 Å². The Balaban J connectivity index is 1.90. The van der Waals surface area contributed by atoms with Gasteiger partial charge in [-0.05, 0) is 68.9 Å². The quantitative estimate of drug-likeness (QED) is 0.131. The molecule has 0 radical (unpaired) electrons. The standard InChI is InChI=1S/C24H32O3S2/c1-4-6-7-10-18-13-21(25-5-2)23(19-11-8-9-17(3)12-19)22(14-18)27-24(28)29-16-20-15-26-20/h5,12-14,19-20H,2,4,6-11,15-16H2,1,3H3/t19-,20?/m0/s1. The third kappa shape index (κ3) is 6.87. The van der Waals surface area contributed by atoms with Crippen molar-refractivity contribution in [1.29, 1.82) is 0 Å². The van der Waals surface area contributed by atoms with Gasteiger partial charge in [-0.25, -0.2) is 0 Å². The Morgan fingerprint density at radius 3 is 2.83 bits per heavy atom. The fraction of sp³-hybridized carbons (Fsp3) is 0.542. The van der Waals surface area contributed by atoms with Crippen molar-refractivity contribution in [1.82, 2.24) is 0 Å². The van der Waals surface area contributed by atoms with Gasteiger partial charge in [0.05, 0.1) is 19.0 Å². The summed E-state index contributed by atoms with van der Waals surface area (Å²) in [4.78, 5) is 0. The number of ether oxygens (including phenoxy) is 3. The minimum absolute atomic E-state index is 0.276. The molecule has 2 atom stereocenters. The topological polar surface area (TPSA) is 31.0 Å². The Bertz CT molecular complexity index is 753. The molecule has 0 saturated carbocycles. The van der Waals surface area contributed by atoms with Crippen LogP contribution in [0.2, 0.25) is 0 Å². The van der Waals surface area contributed by atoms with Gasteiger partial charge >= 0.3 is 0 Å². The van der Waals surface area contributed by atoms with Crippen molar-refractivity contribution in [3.63, 3.8) is 0 Å². The zero-order valence-electron chi connectivity index (χ0n) is 17.6. The summed E-state index contributed by atoms with van der Waals surface area (Å²) < 4.78 is 18.0. The maximum absolute atomic E-state index is 6.24. The molecule has 0 aromatic heterocycles. The van der Waals surface area contributed by atoms with Gasteiger partial charge in [-0.1, -0.05) is 49.8 Å². The molecule has 2 aliphatic rings. The van der Waals surface area contributed by atoms with E-state index in [2.05, 4.69) is 38.6 Å². The highest BCUT2D eigenvalue weighted by Crippen LogP contribution is 2.43. The number of unbranched alkanes of at least 4 members (excludes halogenated alkanes) is 2. The molecule has 0 spiro atoms. The summed E-state index contributed by atoms with van der Waals surface area (Å²) in [6, 6.07) is 4.32. The molecule has 5 heteroatoms. The second-order valence-electron chi connectivity index (χ2n) is 7.88. The molecular formula is C24H32O3S2. The first-order valence-corrected chi connectivity index (χ1v) is 12.1. The van der Waals surface area contributed by atoms with Gasteiger partial charge in [-0.2, -0.15) is 0 Å². The van der Waals surface area contributed by atoms with Crippen LogP contribution in [0.3, 0.4) is 0 Å². The molecular weight excluding hydrogens is 400 g/mol. The van der Waals surface area contributed by atoms with Crippen molar-refractivity contribution < 1.29 is 14.2 Å². The number of epoxide rings is 1. The third-order valence-corrected chi connectivity index (χ3v) is 6.66. The fourth-order valence-corrected chi connectivity index (χ4v) is 4.76. The Hall–Kier alpha value is -1.30. The molecule has 158 valence electrons. The zero-order valence-corrected chi connectivity index (χ0v) is 19.2. The minimum atomic E-state index is 0.276. The largest absolute Gasteiger partial charge is 0.465 e. The van der Waals surface area contributed by atoms with E-state index in [1.807, 2.05) is 0 Å². The van der Waals surface area contributed by atoms with Gasteiger partial charge in [0.25, 0.3) is 0 Å². The average molecular weight is 433 g/mol. The number of aryl methyl sites for hydroxylation is 1. The van der Waals surface area contributed by atoms with E-state index in [1.54, 1.807) is 11.8 Å². The predicted molar refractivity (Wildman–Crippen MR) is 126 cm³/mol. The normalized spacial score (nSPS) is 20.7. The minimum Gasteiger partial charge on any atom is -0.465 e. The SMILES string of the molecule is C=COc1cc(CCCCC)cc(OC(=S)SCC2CO2)c1[C@@H]1C=C(C)CCC1. The number of hydrogen-bond donors (Lipinski definition) is 0. The Morgan fingerprint density at radius 2 is 2.14 bits per heavy atom. The first kappa shape index (κ1) is 22.4. The molecule has 3 nitrogen and oxygen atoms in total. The van der Waals surface area contributed by atoms with Crippen LogP contribution in [0.15, 0.2) is 36.6 Å². The van der Waals surface area contributed by atoms with Crippen molar-refractivity contribution in [3.8, 4) is 11.5 Å². The summed E-state index contributed by atoms with van der Waals surface area (Å²) in [6.45, 7) is 9.04. The molecule has 0 bridgehead atoms. The average Bonchev–Trinajstić information content (AvgIpc) is 3.51. The van der Waals surface area contributed by atoms with Crippen LogP contribution in [0.1, 0.15) is 69.4 Å².